The molecule has 2 aromatic carbocycles. The zero-order chi connectivity index (χ0) is 18.8. The number of ether oxygens (including phenoxy) is 2. The number of nitrogens with one attached hydrogen (secondary N) is 1. The molecule has 0 atom stereocenters. The van der Waals surface area contributed by atoms with Gasteiger partial charge in [-0.25, -0.2) is 0 Å². The van der Waals surface area contributed by atoms with E-state index in [0.29, 0.717) is 0 Å². The highest BCUT2D eigenvalue weighted by atomic mass is 16.5. The molecule has 2 aromatic rings. The number of rotatable bonds is 4. The number of benzene rings is 2. The van der Waals surface area contributed by atoms with Crippen LogP contribution in [0.4, 0.5) is 11.4 Å². The summed E-state index contributed by atoms with van der Waals surface area (Å²) in [5.74, 6) is 1.63. The molecule has 0 radical (unpaired) electrons. The van der Waals surface area contributed by atoms with Crippen molar-refractivity contribution in [3.05, 3.63) is 47.5 Å². The smallest absolute Gasteiger partial charge is 0.142 e. The monoisotopic (exact) mass is 341 g/mol. The van der Waals surface area contributed by atoms with Gasteiger partial charge in [-0.05, 0) is 46.2 Å². The van der Waals surface area contributed by atoms with Crippen molar-refractivity contribution in [3.63, 3.8) is 0 Å². The zero-order valence-electron chi connectivity index (χ0n) is 16.8. The highest BCUT2D eigenvalue weighted by molar-refractivity contribution is 5.72. The van der Waals surface area contributed by atoms with E-state index < -0.39 is 0 Å². The molecule has 0 saturated heterocycles. The molecule has 0 aromatic heterocycles. The van der Waals surface area contributed by atoms with Gasteiger partial charge < -0.3 is 14.8 Å². The van der Waals surface area contributed by atoms with Crippen LogP contribution in [0, 0.1) is 0 Å². The van der Waals surface area contributed by atoms with Crippen LogP contribution in [-0.2, 0) is 10.8 Å². The van der Waals surface area contributed by atoms with Crippen molar-refractivity contribution >= 4 is 11.4 Å². The van der Waals surface area contributed by atoms with Crippen LogP contribution in [0.5, 0.6) is 11.5 Å². The lowest BCUT2D eigenvalue weighted by molar-refractivity contribution is 0.414. The Morgan fingerprint density at radius 1 is 0.640 bits per heavy atom. The first-order chi connectivity index (χ1) is 11.6. The minimum Gasteiger partial charge on any atom is -0.495 e. The maximum absolute atomic E-state index is 5.55. The van der Waals surface area contributed by atoms with Gasteiger partial charge in [0, 0.05) is 0 Å². The minimum absolute atomic E-state index is 0.0695. The van der Waals surface area contributed by atoms with Gasteiger partial charge in [0.25, 0.3) is 0 Å². The fraction of sp³-hybridized carbons (Fsp3) is 0.455. The van der Waals surface area contributed by atoms with E-state index in [9.17, 15) is 0 Å². The molecule has 0 bridgehead atoms. The van der Waals surface area contributed by atoms with E-state index in [1.807, 2.05) is 12.1 Å². The Labute approximate surface area is 152 Å². The molecule has 0 unspecified atom stereocenters. The lowest BCUT2D eigenvalue weighted by Crippen LogP contribution is -2.12. The van der Waals surface area contributed by atoms with Gasteiger partial charge in [-0.2, -0.15) is 0 Å². The topological polar surface area (TPSA) is 30.5 Å². The van der Waals surface area contributed by atoms with Gasteiger partial charge in [0.2, 0.25) is 0 Å². The maximum atomic E-state index is 5.55. The molecule has 3 nitrogen and oxygen atoms in total. The summed E-state index contributed by atoms with van der Waals surface area (Å²) in [6.07, 6.45) is 0. The van der Waals surface area contributed by atoms with E-state index in [1.165, 1.54) is 11.1 Å². The average molecular weight is 341 g/mol. The third-order valence-corrected chi connectivity index (χ3v) is 4.40. The summed E-state index contributed by atoms with van der Waals surface area (Å²) in [4.78, 5) is 0. The quantitative estimate of drug-likeness (QED) is 0.735. The molecule has 1 N–H and O–H groups in total. The van der Waals surface area contributed by atoms with Crippen molar-refractivity contribution in [1.29, 1.82) is 0 Å². The molecule has 136 valence electrons. The molecule has 0 fully saturated rings. The summed E-state index contributed by atoms with van der Waals surface area (Å²) in [5, 5.41) is 3.52. The molecule has 0 aliphatic rings. The Balaban J connectivity index is 2.51. The predicted molar refractivity (Wildman–Crippen MR) is 107 cm³/mol. The second kappa shape index (κ2) is 6.99. The molecule has 3 heteroatoms. The summed E-state index contributed by atoms with van der Waals surface area (Å²) in [6, 6.07) is 12.6. The van der Waals surface area contributed by atoms with Crippen molar-refractivity contribution in [2.75, 3.05) is 19.5 Å². The standard InChI is InChI=1S/C22H31NO2/c1-21(2,3)15-9-11-19(24-7)17(13-15)23-18-14-16(22(4,5)6)10-12-20(18)25-8/h9-14,23H,1-8H3. The van der Waals surface area contributed by atoms with E-state index in [1.54, 1.807) is 14.2 Å². The largest absolute Gasteiger partial charge is 0.495 e. The first-order valence-corrected chi connectivity index (χ1v) is 8.70. The van der Waals surface area contributed by atoms with Crippen LogP contribution in [0.1, 0.15) is 52.7 Å². The van der Waals surface area contributed by atoms with Crippen LogP contribution < -0.4 is 14.8 Å². The summed E-state index contributed by atoms with van der Waals surface area (Å²) < 4.78 is 11.1. The summed E-state index contributed by atoms with van der Waals surface area (Å²) >= 11 is 0. The van der Waals surface area contributed by atoms with Gasteiger partial charge in [0.05, 0.1) is 25.6 Å². The first kappa shape index (κ1) is 19.2. The molecule has 25 heavy (non-hydrogen) atoms. The van der Waals surface area contributed by atoms with Crippen molar-refractivity contribution < 1.29 is 9.47 Å². The number of anilines is 2. The lowest BCUT2D eigenvalue weighted by Gasteiger charge is -2.24. The average Bonchev–Trinajstić information content (AvgIpc) is 2.53. The second-order valence-electron chi connectivity index (χ2n) is 8.46. The van der Waals surface area contributed by atoms with Gasteiger partial charge in [-0.3, -0.25) is 0 Å². The fourth-order valence-electron chi connectivity index (χ4n) is 2.69. The molecule has 0 saturated carbocycles. The van der Waals surface area contributed by atoms with Crippen LogP contribution in [0.2, 0.25) is 0 Å². The van der Waals surface area contributed by atoms with Crippen molar-refractivity contribution in [2.24, 2.45) is 0 Å². The molecule has 2 rings (SSSR count). The van der Waals surface area contributed by atoms with Gasteiger partial charge >= 0.3 is 0 Å². The third-order valence-electron chi connectivity index (χ3n) is 4.40. The lowest BCUT2D eigenvalue weighted by atomic mass is 9.86. The van der Waals surface area contributed by atoms with Crippen LogP contribution in [0.15, 0.2) is 36.4 Å². The number of hydrogen-bond acceptors (Lipinski definition) is 3. The second-order valence-corrected chi connectivity index (χ2v) is 8.46. The van der Waals surface area contributed by atoms with Crippen LogP contribution in [-0.4, -0.2) is 14.2 Å². The Morgan fingerprint density at radius 2 is 1.00 bits per heavy atom. The highest BCUT2D eigenvalue weighted by Crippen LogP contribution is 2.37. The van der Waals surface area contributed by atoms with Crippen molar-refractivity contribution in [1.82, 2.24) is 0 Å². The minimum atomic E-state index is 0.0695. The van der Waals surface area contributed by atoms with E-state index in [-0.39, 0.29) is 10.8 Å². The number of methoxy groups -OCH3 is 2. The fourth-order valence-corrected chi connectivity index (χ4v) is 2.69. The molecule has 0 spiro atoms. The van der Waals surface area contributed by atoms with Gasteiger partial charge in [0.15, 0.2) is 0 Å². The zero-order valence-corrected chi connectivity index (χ0v) is 16.8. The summed E-state index contributed by atoms with van der Waals surface area (Å²) in [7, 11) is 3.39. The Hall–Kier alpha value is -2.16. The van der Waals surface area contributed by atoms with E-state index in [0.717, 1.165) is 22.9 Å². The molecule has 0 amide bonds. The normalized spacial score (nSPS) is 12.0. The van der Waals surface area contributed by atoms with Crippen molar-refractivity contribution in [3.8, 4) is 11.5 Å². The van der Waals surface area contributed by atoms with Crippen LogP contribution in [0.25, 0.3) is 0 Å². The summed E-state index contributed by atoms with van der Waals surface area (Å²) in [6.45, 7) is 13.2. The van der Waals surface area contributed by atoms with Gasteiger partial charge in [-0.15, -0.1) is 0 Å². The Morgan fingerprint density at radius 3 is 1.28 bits per heavy atom. The molecular weight excluding hydrogens is 310 g/mol. The van der Waals surface area contributed by atoms with E-state index >= 15 is 0 Å². The predicted octanol–water partition coefficient (Wildman–Crippen LogP) is 6.04. The molecule has 0 aliphatic carbocycles. The van der Waals surface area contributed by atoms with Crippen LogP contribution in [0.3, 0.4) is 0 Å². The van der Waals surface area contributed by atoms with E-state index in [2.05, 4.69) is 71.1 Å². The Bertz CT molecular complexity index is 673. The summed E-state index contributed by atoms with van der Waals surface area (Å²) in [5.41, 5.74) is 4.53. The first-order valence-electron chi connectivity index (χ1n) is 8.70. The Kier molecular flexibility index (Phi) is 5.36. The molecular formula is C22H31NO2. The number of hydrogen-bond donors (Lipinski definition) is 1. The van der Waals surface area contributed by atoms with E-state index in [4.69, 9.17) is 9.47 Å². The van der Waals surface area contributed by atoms with Crippen LogP contribution >= 0.6 is 0 Å². The van der Waals surface area contributed by atoms with Gasteiger partial charge in [-0.1, -0.05) is 53.7 Å². The van der Waals surface area contributed by atoms with Crippen molar-refractivity contribution in [2.45, 2.75) is 52.4 Å². The maximum Gasteiger partial charge on any atom is 0.142 e. The SMILES string of the molecule is COc1ccc(C(C)(C)C)cc1Nc1cc(C(C)(C)C)ccc1OC. The van der Waals surface area contributed by atoms with Gasteiger partial charge in [0.1, 0.15) is 11.5 Å². The molecule has 0 aliphatic heterocycles. The molecule has 0 heterocycles. The highest BCUT2D eigenvalue weighted by Gasteiger charge is 2.19. The third kappa shape index (κ3) is 4.47.